The smallest absolute Gasteiger partial charge is 0.229 e. The Kier molecular flexibility index (Phi) is 6.81. The summed E-state index contributed by atoms with van der Waals surface area (Å²) in [6.45, 7) is 7.91. The van der Waals surface area contributed by atoms with Crippen LogP contribution in [0.25, 0.3) is 0 Å². The van der Waals surface area contributed by atoms with E-state index >= 15 is 0 Å². The molecule has 1 saturated heterocycles. The molecule has 7 nitrogen and oxygen atoms in total. The lowest BCUT2D eigenvalue weighted by molar-refractivity contribution is 0.120. The quantitative estimate of drug-likeness (QED) is 0.564. The number of rotatable bonds is 7. The van der Waals surface area contributed by atoms with E-state index in [2.05, 4.69) is 51.4 Å². The molecule has 28 heavy (non-hydrogen) atoms. The van der Waals surface area contributed by atoms with Crippen molar-refractivity contribution in [1.29, 1.82) is 0 Å². The lowest BCUT2D eigenvalue weighted by Crippen LogP contribution is -2.31. The van der Waals surface area contributed by atoms with Crippen molar-refractivity contribution in [3.8, 4) is 5.88 Å². The number of hydrazone groups is 1. The van der Waals surface area contributed by atoms with Crippen LogP contribution in [0.1, 0.15) is 43.0 Å². The van der Waals surface area contributed by atoms with Crippen molar-refractivity contribution in [3.63, 3.8) is 0 Å². The first kappa shape index (κ1) is 20.1. The molecule has 2 N–H and O–H groups in total. The van der Waals surface area contributed by atoms with Crippen LogP contribution < -0.4 is 15.1 Å². The van der Waals surface area contributed by atoms with Gasteiger partial charge >= 0.3 is 0 Å². The van der Waals surface area contributed by atoms with E-state index in [4.69, 9.17) is 4.74 Å². The summed E-state index contributed by atoms with van der Waals surface area (Å²) in [5, 5.41) is 13.8. The number of anilines is 2. The molecule has 3 rings (SSSR count). The molecule has 1 aliphatic rings. The van der Waals surface area contributed by atoms with Gasteiger partial charge in [0.1, 0.15) is 6.61 Å². The van der Waals surface area contributed by atoms with Crippen molar-refractivity contribution >= 4 is 17.9 Å². The van der Waals surface area contributed by atoms with Crippen LogP contribution in [-0.2, 0) is 0 Å². The number of hydrogen-bond donors (Lipinski definition) is 2. The molecule has 1 aromatic heterocycles. The molecule has 1 aromatic carbocycles. The first-order chi connectivity index (χ1) is 13.5. The van der Waals surface area contributed by atoms with Crippen LogP contribution in [0.2, 0.25) is 0 Å². The van der Waals surface area contributed by atoms with Gasteiger partial charge in [0.05, 0.1) is 23.7 Å². The molecule has 0 bridgehead atoms. The fraction of sp³-hybridized carbons (Fsp3) is 0.476. The van der Waals surface area contributed by atoms with E-state index in [1.807, 2.05) is 6.07 Å². The zero-order valence-electron chi connectivity index (χ0n) is 16.9. The van der Waals surface area contributed by atoms with Crippen molar-refractivity contribution in [3.05, 3.63) is 41.1 Å². The highest BCUT2D eigenvalue weighted by Crippen LogP contribution is 2.20. The average Bonchev–Trinajstić information content (AvgIpc) is 2.70. The molecule has 1 aliphatic heterocycles. The van der Waals surface area contributed by atoms with Crippen molar-refractivity contribution in [2.45, 2.75) is 46.1 Å². The molecular formula is C21H29N5O2. The Morgan fingerprint density at radius 2 is 1.96 bits per heavy atom. The molecule has 150 valence electrons. The second-order valence-corrected chi connectivity index (χ2v) is 7.31. The minimum atomic E-state index is -0.558. The maximum absolute atomic E-state index is 9.50. The van der Waals surface area contributed by atoms with Crippen molar-refractivity contribution < 1.29 is 9.84 Å². The highest BCUT2D eigenvalue weighted by molar-refractivity contribution is 5.78. The van der Waals surface area contributed by atoms with Gasteiger partial charge in [0.25, 0.3) is 0 Å². The van der Waals surface area contributed by atoms with Gasteiger partial charge in [-0.1, -0.05) is 6.07 Å². The Morgan fingerprint density at radius 1 is 1.18 bits per heavy atom. The van der Waals surface area contributed by atoms with Gasteiger partial charge in [-0.25, -0.2) is 4.98 Å². The fourth-order valence-electron chi connectivity index (χ4n) is 3.00. The maximum atomic E-state index is 9.50. The largest absolute Gasteiger partial charge is 0.475 e. The van der Waals surface area contributed by atoms with E-state index < -0.39 is 6.10 Å². The van der Waals surface area contributed by atoms with Crippen molar-refractivity contribution in [1.82, 2.24) is 9.97 Å². The Hall–Kier alpha value is -2.67. The molecule has 7 heteroatoms. The third kappa shape index (κ3) is 5.66. The van der Waals surface area contributed by atoms with Gasteiger partial charge < -0.3 is 14.7 Å². The molecule has 0 saturated carbocycles. The second kappa shape index (κ2) is 9.50. The van der Waals surface area contributed by atoms with Gasteiger partial charge in [0.15, 0.2) is 0 Å². The van der Waals surface area contributed by atoms with E-state index in [0.717, 1.165) is 31.6 Å². The lowest BCUT2D eigenvalue weighted by atomic mass is 10.1. The number of aliphatic hydroxyl groups is 1. The summed E-state index contributed by atoms with van der Waals surface area (Å²) in [5.74, 6) is 1.10. The standard InChI is InChI=1S/C21H29N5O2/c1-15-7-8-18(11-16(15)2)25-22-13-19-12-20(28-14-17(3)27)24-21(23-19)26-9-5-4-6-10-26/h7-8,11-13,17,25,27H,4-6,9-10,14H2,1-3H3/b22-13+. The first-order valence-corrected chi connectivity index (χ1v) is 9.82. The molecule has 0 aliphatic carbocycles. The Labute approximate surface area is 166 Å². The Balaban J connectivity index is 1.77. The molecule has 1 atom stereocenters. The van der Waals surface area contributed by atoms with E-state index in [1.54, 1.807) is 19.2 Å². The third-order valence-electron chi connectivity index (χ3n) is 4.72. The van der Waals surface area contributed by atoms with Crippen LogP contribution in [0.5, 0.6) is 5.88 Å². The lowest BCUT2D eigenvalue weighted by Gasteiger charge is -2.27. The minimum Gasteiger partial charge on any atom is -0.475 e. The zero-order chi connectivity index (χ0) is 19.9. The van der Waals surface area contributed by atoms with Crippen LogP contribution in [0, 0.1) is 13.8 Å². The van der Waals surface area contributed by atoms with E-state index in [-0.39, 0.29) is 6.61 Å². The van der Waals surface area contributed by atoms with Gasteiger partial charge in [-0.05, 0) is 63.3 Å². The van der Waals surface area contributed by atoms with Gasteiger partial charge in [-0.3, -0.25) is 5.43 Å². The predicted octanol–water partition coefficient (Wildman–Crippen LogP) is 3.29. The number of nitrogens with zero attached hydrogens (tertiary/aromatic N) is 4. The molecule has 0 amide bonds. The number of benzene rings is 1. The summed E-state index contributed by atoms with van der Waals surface area (Å²) >= 11 is 0. The SMILES string of the molecule is Cc1ccc(N/N=C/c2cc(OCC(C)O)nc(N3CCCCC3)n2)cc1C. The average molecular weight is 383 g/mol. The Morgan fingerprint density at radius 3 is 2.68 bits per heavy atom. The van der Waals surface area contributed by atoms with Crippen LogP contribution in [0.3, 0.4) is 0 Å². The van der Waals surface area contributed by atoms with E-state index in [0.29, 0.717) is 17.5 Å². The highest BCUT2D eigenvalue weighted by Gasteiger charge is 2.16. The summed E-state index contributed by atoms with van der Waals surface area (Å²) in [5.41, 5.74) is 7.09. The van der Waals surface area contributed by atoms with E-state index in [9.17, 15) is 5.11 Å². The van der Waals surface area contributed by atoms with Gasteiger partial charge in [0, 0.05) is 19.2 Å². The molecule has 2 heterocycles. The van der Waals surface area contributed by atoms with Crippen molar-refractivity contribution in [2.75, 3.05) is 30.0 Å². The number of hydrogen-bond acceptors (Lipinski definition) is 7. The summed E-state index contributed by atoms with van der Waals surface area (Å²) in [7, 11) is 0. The van der Waals surface area contributed by atoms with Crippen LogP contribution in [0.4, 0.5) is 11.6 Å². The van der Waals surface area contributed by atoms with E-state index in [1.165, 1.54) is 17.5 Å². The number of ether oxygens (including phenoxy) is 1. The van der Waals surface area contributed by atoms with Crippen LogP contribution in [-0.4, -0.2) is 47.1 Å². The van der Waals surface area contributed by atoms with Gasteiger partial charge in [-0.15, -0.1) is 0 Å². The molecular weight excluding hydrogens is 354 g/mol. The molecule has 1 unspecified atom stereocenters. The fourth-order valence-corrected chi connectivity index (χ4v) is 3.00. The summed E-state index contributed by atoms with van der Waals surface area (Å²) in [6, 6.07) is 7.86. The van der Waals surface area contributed by atoms with Gasteiger partial charge in [0.2, 0.25) is 11.8 Å². The zero-order valence-corrected chi connectivity index (χ0v) is 16.9. The number of aliphatic hydroxyl groups excluding tert-OH is 1. The first-order valence-electron chi connectivity index (χ1n) is 9.82. The minimum absolute atomic E-state index is 0.188. The number of aromatic nitrogens is 2. The number of piperidine rings is 1. The summed E-state index contributed by atoms with van der Waals surface area (Å²) < 4.78 is 5.62. The predicted molar refractivity (Wildman–Crippen MR) is 112 cm³/mol. The van der Waals surface area contributed by atoms with Gasteiger partial charge in [-0.2, -0.15) is 10.1 Å². The molecule has 1 fully saturated rings. The normalized spacial score (nSPS) is 15.6. The highest BCUT2D eigenvalue weighted by atomic mass is 16.5. The summed E-state index contributed by atoms with van der Waals surface area (Å²) in [6.07, 6.45) is 4.62. The maximum Gasteiger partial charge on any atom is 0.229 e. The monoisotopic (exact) mass is 383 g/mol. The number of aryl methyl sites for hydroxylation is 2. The number of nitrogens with one attached hydrogen (secondary N) is 1. The van der Waals surface area contributed by atoms with Crippen LogP contribution >= 0.6 is 0 Å². The topological polar surface area (TPSA) is 82.9 Å². The molecule has 2 aromatic rings. The summed E-state index contributed by atoms with van der Waals surface area (Å²) in [4.78, 5) is 11.3. The molecule has 0 radical (unpaired) electrons. The molecule has 0 spiro atoms. The third-order valence-corrected chi connectivity index (χ3v) is 4.72. The van der Waals surface area contributed by atoms with Crippen LogP contribution in [0.15, 0.2) is 29.4 Å². The Bertz CT molecular complexity index is 816. The van der Waals surface area contributed by atoms with Crippen molar-refractivity contribution in [2.24, 2.45) is 5.10 Å². The second-order valence-electron chi connectivity index (χ2n) is 7.31.